The number of nitrogens with zero attached hydrogens (tertiary/aromatic N) is 2. The summed E-state index contributed by atoms with van der Waals surface area (Å²) in [5.74, 6) is -0.802. The smallest absolute Gasteiger partial charge is 0.338 e. The van der Waals surface area contributed by atoms with Gasteiger partial charge in [0.05, 0.1) is 18.0 Å². The number of esters is 1. The van der Waals surface area contributed by atoms with E-state index >= 15 is 0 Å². The molecule has 0 unspecified atom stereocenters. The maximum atomic E-state index is 12.4. The molecule has 1 N–H and O–H groups in total. The SMILES string of the molecule is C=C(C)C(=O)Oc1cc(NC(=O)c2ccccc2)c(OCC)cc1N=[N-]. The second kappa shape index (κ2) is 8.57. The van der Waals surface area contributed by atoms with Crippen molar-refractivity contribution in [2.75, 3.05) is 11.9 Å². The zero-order chi connectivity index (χ0) is 19.1. The summed E-state index contributed by atoms with van der Waals surface area (Å²) in [4.78, 5) is 24.2. The average molecular weight is 352 g/mol. The van der Waals surface area contributed by atoms with Crippen LogP contribution < -0.4 is 14.8 Å². The molecule has 134 valence electrons. The molecule has 0 heterocycles. The zero-order valence-electron chi connectivity index (χ0n) is 14.5. The van der Waals surface area contributed by atoms with Crippen LogP contribution in [0.5, 0.6) is 11.5 Å². The molecule has 1 amide bonds. The number of hydrogen-bond donors (Lipinski definition) is 1. The van der Waals surface area contributed by atoms with Crippen molar-refractivity contribution in [2.24, 2.45) is 5.11 Å². The Balaban J connectivity index is 2.41. The summed E-state index contributed by atoms with van der Waals surface area (Å²) in [6, 6.07) is 11.3. The van der Waals surface area contributed by atoms with Crippen LogP contribution in [0.4, 0.5) is 11.4 Å². The van der Waals surface area contributed by atoms with E-state index < -0.39 is 5.97 Å². The van der Waals surface area contributed by atoms with Gasteiger partial charge in [0.15, 0.2) is 5.75 Å². The maximum absolute atomic E-state index is 12.4. The van der Waals surface area contributed by atoms with Gasteiger partial charge in [-0.15, -0.1) is 0 Å². The fraction of sp³-hybridized carbons (Fsp3) is 0.158. The molecule has 2 rings (SSSR count). The molecule has 0 aromatic heterocycles. The standard InChI is InChI=1S/C19H18N3O4/c1-4-25-16-11-15(22-20)17(26-19(24)12(2)3)10-14(16)21-18(23)13-8-6-5-7-9-13/h5-11H,2,4H2,1,3H3,(H,21,23)/q-1. The predicted molar refractivity (Wildman–Crippen MR) is 97.9 cm³/mol. The van der Waals surface area contributed by atoms with Crippen LogP contribution in [-0.2, 0) is 4.79 Å². The number of rotatable bonds is 7. The van der Waals surface area contributed by atoms with Crippen LogP contribution in [0.3, 0.4) is 0 Å². The molecule has 0 spiro atoms. The number of anilines is 1. The molecule has 0 fully saturated rings. The molecule has 7 nitrogen and oxygen atoms in total. The highest BCUT2D eigenvalue weighted by molar-refractivity contribution is 6.05. The number of benzene rings is 2. The summed E-state index contributed by atoms with van der Waals surface area (Å²) in [5, 5.41) is 5.81. The van der Waals surface area contributed by atoms with Crippen molar-refractivity contribution < 1.29 is 19.1 Å². The van der Waals surface area contributed by atoms with E-state index in [1.807, 2.05) is 0 Å². The minimum atomic E-state index is -0.681. The lowest BCUT2D eigenvalue weighted by Crippen LogP contribution is -2.14. The summed E-state index contributed by atoms with van der Waals surface area (Å²) < 4.78 is 10.6. The topological polar surface area (TPSA) is 99.3 Å². The largest absolute Gasteiger partial charge is 0.706 e. The van der Waals surface area contributed by atoms with Crippen LogP contribution in [0.25, 0.3) is 5.53 Å². The third-order valence-electron chi connectivity index (χ3n) is 3.30. The van der Waals surface area contributed by atoms with Crippen molar-refractivity contribution in [1.29, 1.82) is 0 Å². The van der Waals surface area contributed by atoms with E-state index in [4.69, 9.17) is 9.47 Å². The number of carbonyl (C=O) groups excluding carboxylic acids is 2. The highest BCUT2D eigenvalue weighted by Gasteiger charge is 2.16. The summed E-state index contributed by atoms with van der Waals surface area (Å²) >= 11 is 0. The monoisotopic (exact) mass is 352 g/mol. The van der Waals surface area contributed by atoms with Gasteiger partial charge < -0.3 is 25.4 Å². The molecule has 7 heteroatoms. The zero-order valence-corrected chi connectivity index (χ0v) is 14.5. The van der Waals surface area contributed by atoms with E-state index in [0.717, 1.165) is 0 Å². The Labute approximate surface area is 151 Å². The summed E-state index contributed by atoms with van der Waals surface area (Å²) in [6.45, 7) is 7.09. The Bertz CT molecular complexity index is 847. The molecule has 2 aromatic rings. The summed E-state index contributed by atoms with van der Waals surface area (Å²) in [7, 11) is 0. The number of carbonyl (C=O) groups is 2. The lowest BCUT2D eigenvalue weighted by Gasteiger charge is -2.16. The minimum Gasteiger partial charge on any atom is -0.706 e. The molecule has 0 aliphatic rings. The van der Waals surface area contributed by atoms with Crippen LogP contribution >= 0.6 is 0 Å². The van der Waals surface area contributed by atoms with Gasteiger partial charge in [-0.2, -0.15) is 0 Å². The lowest BCUT2D eigenvalue weighted by molar-refractivity contribution is -0.130. The van der Waals surface area contributed by atoms with Gasteiger partial charge in [-0.3, -0.25) is 4.79 Å². The first-order chi connectivity index (χ1) is 12.5. The molecule has 2 aromatic carbocycles. The van der Waals surface area contributed by atoms with Gasteiger partial charge >= 0.3 is 5.97 Å². The Hall–Kier alpha value is -3.48. The van der Waals surface area contributed by atoms with E-state index in [2.05, 4.69) is 17.0 Å². The van der Waals surface area contributed by atoms with Crippen LogP contribution in [-0.4, -0.2) is 18.5 Å². The molecular formula is C19H18N3O4-. The van der Waals surface area contributed by atoms with Gasteiger partial charge in [0.2, 0.25) is 0 Å². The first-order valence-corrected chi connectivity index (χ1v) is 7.86. The van der Waals surface area contributed by atoms with Crippen molar-refractivity contribution in [3.8, 4) is 11.5 Å². The van der Waals surface area contributed by atoms with Gasteiger partial charge in [-0.1, -0.05) is 24.8 Å². The predicted octanol–water partition coefficient (Wildman–Crippen LogP) is 4.47. The molecule has 0 saturated heterocycles. The van der Waals surface area contributed by atoms with E-state index in [9.17, 15) is 15.1 Å². The second-order valence-electron chi connectivity index (χ2n) is 5.34. The van der Waals surface area contributed by atoms with Crippen LogP contribution in [0.15, 0.2) is 59.7 Å². The molecule has 0 bridgehead atoms. The molecule has 0 saturated carbocycles. The fourth-order valence-corrected chi connectivity index (χ4v) is 2.05. The van der Waals surface area contributed by atoms with Crippen LogP contribution in [0, 0.1) is 0 Å². The van der Waals surface area contributed by atoms with Gasteiger partial charge in [-0.25, -0.2) is 4.79 Å². The molecule has 0 radical (unpaired) electrons. The molecule has 0 atom stereocenters. The van der Waals surface area contributed by atoms with Crippen molar-refractivity contribution in [1.82, 2.24) is 0 Å². The van der Waals surface area contributed by atoms with Gasteiger partial charge in [0, 0.05) is 23.3 Å². The summed E-state index contributed by atoms with van der Waals surface area (Å²) in [6.07, 6.45) is 0. The number of amides is 1. The Morgan fingerprint density at radius 2 is 1.88 bits per heavy atom. The van der Waals surface area contributed by atoms with Crippen molar-refractivity contribution in [3.63, 3.8) is 0 Å². The van der Waals surface area contributed by atoms with E-state index in [0.29, 0.717) is 12.2 Å². The normalized spacial score (nSPS) is 9.92. The summed E-state index contributed by atoms with van der Waals surface area (Å²) in [5.41, 5.74) is 10.1. The highest BCUT2D eigenvalue weighted by Crippen LogP contribution is 2.39. The highest BCUT2D eigenvalue weighted by atomic mass is 16.5. The van der Waals surface area contributed by atoms with Gasteiger partial charge in [0.1, 0.15) is 5.75 Å². The van der Waals surface area contributed by atoms with E-state index in [1.165, 1.54) is 19.1 Å². The van der Waals surface area contributed by atoms with Crippen molar-refractivity contribution >= 4 is 23.3 Å². The maximum Gasteiger partial charge on any atom is 0.338 e. The van der Waals surface area contributed by atoms with Gasteiger partial charge in [0.25, 0.3) is 5.91 Å². The average Bonchev–Trinajstić information content (AvgIpc) is 2.64. The third kappa shape index (κ3) is 4.54. The van der Waals surface area contributed by atoms with Crippen molar-refractivity contribution in [3.05, 3.63) is 65.7 Å². The van der Waals surface area contributed by atoms with E-state index in [-0.39, 0.29) is 34.4 Å². The minimum absolute atomic E-state index is 0.0132. The molecular weight excluding hydrogens is 334 g/mol. The first-order valence-electron chi connectivity index (χ1n) is 7.86. The Morgan fingerprint density at radius 1 is 1.19 bits per heavy atom. The number of ether oxygens (including phenoxy) is 2. The van der Waals surface area contributed by atoms with Crippen molar-refractivity contribution in [2.45, 2.75) is 13.8 Å². The quantitative estimate of drug-likeness (QED) is 0.344. The number of hydrogen-bond acceptors (Lipinski definition) is 5. The number of nitrogens with one attached hydrogen (secondary N) is 1. The Kier molecular flexibility index (Phi) is 6.21. The third-order valence-corrected chi connectivity index (χ3v) is 3.30. The second-order valence-corrected chi connectivity index (χ2v) is 5.34. The van der Waals surface area contributed by atoms with Gasteiger partial charge in [-0.05, 0) is 26.0 Å². The lowest BCUT2D eigenvalue weighted by atomic mass is 10.2. The van der Waals surface area contributed by atoms with E-state index in [1.54, 1.807) is 37.3 Å². The first kappa shape index (κ1) is 18.9. The fourth-order valence-electron chi connectivity index (χ4n) is 2.05. The molecule has 26 heavy (non-hydrogen) atoms. The molecule has 0 aliphatic carbocycles. The Morgan fingerprint density at radius 3 is 2.46 bits per heavy atom. The molecule has 0 aliphatic heterocycles. The van der Waals surface area contributed by atoms with Crippen LogP contribution in [0.1, 0.15) is 24.2 Å². The van der Waals surface area contributed by atoms with Crippen LogP contribution in [0.2, 0.25) is 0 Å².